The van der Waals surface area contributed by atoms with Crippen molar-refractivity contribution in [1.82, 2.24) is 20.0 Å². The molecule has 3 heterocycles. The van der Waals surface area contributed by atoms with E-state index < -0.39 is 5.97 Å². The molecule has 0 saturated carbocycles. The molecule has 4 rings (SSSR count). The second-order valence-electron chi connectivity index (χ2n) is 6.10. The fourth-order valence-electron chi connectivity index (χ4n) is 3.23. The molecule has 0 saturated heterocycles. The third-order valence-electron chi connectivity index (χ3n) is 4.48. The average Bonchev–Trinajstić information content (AvgIpc) is 3.30. The molecule has 0 bridgehead atoms. The van der Waals surface area contributed by atoms with Gasteiger partial charge in [0.2, 0.25) is 5.91 Å². The lowest BCUT2D eigenvalue weighted by Crippen LogP contribution is -2.24. The number of aromatic amines is 1. The van der Waals surface area contributed by atoms with E-state index in [1.54, 1.807) is 6.20 Å². The van der Waals surface area contributed by atoms with Crippen molar-refractivity contribution < 1.29 is 14.3 Å². The highest BCUT2D eigenvalue weighted by Crippen LogP contribution is 2.38. The number of hydrogen-bond donors (Lipinski definition) is 2. The van der Waals surface area contributed by atoms with Crippen LogP contribution in [-0.2, 0) is 16.1 Å². The van der Waals surface area contributed by atoms with Crippen LogP contribution < -0.4 is 5.32 Å². The first-order valence-electron chi connectivity index (χ1n) is 8.18. The molecule has 132 valence electrons. The number of hydrogen-bond acceptors (Lipinski definition) is 5. The number of rotatable bonds is 4. The van der Waals surface area contributed by atoms with E-state index in [1.807, 2.05) is 41.2 Å². The van der Waals surface area contributed by atoms with Crippen LogP contribution >= 0.6 is 0 Å². The third kappa shape index (κ3) is 2.85. The van der Waals surface area contributed by atoms with Crippen molar-refractivity contribution in [2.75, 3.05) is 12.4 Å². The van der Waals surface area contributed by atoms with Crippen molar-refractivity contribution in [2.24, 2.45) is 0 Å². The Morgan fingerprint density at radius 1 is 1.35 bits per heavy atom. The molecule has 8 heteroatoms. The van der Waals surface area contributed by atoms with Crippen molar-refractivity contribution in [3.8, 4) is 0 Å². The molecular weight excluding hydrogens is 334 g/mol. The van der Waals surface area contributed by atoms with Gasteiger partial charge in [0.15, 0.2) is 5.82 Å². The van der Waals surface area contributed by atoms with Gasteiger partial charge in [0, 0.05) is 30.3 Å². The summed E-state index contributed by atoms with van der Waals surface area (Å²) in [4.78, 5) is 24.1. The number of esters is 1. The Morgan fingerprint density at radius 3 is 2.85 bits per heavy atom. The van der Waals surface area contributed by atoms with E-state index in [4.69, 9.17) is 4.74 Å². The number of carbonyl (C=O) groups excluding carboxylic acids is 2. The predicted octanol–water partition coefficient (Wildman–Crippen LogP) is 1.92. The number of ether oxygens (including phenoxy) is 1. The molecule has 2 aromatic heterocycles. The molecule has 1 aliphatic rings. The summed E-state index contributed by atoms with van der Waals surface area (Å²) in [6.45, 7) is 0.669. The van der Waals surface area contributed by atoms with Gasteiger partial charge in [0.05, 0.1) is 13.7 Å². The van der Waals surface area contributed by atoms with Gasteiger partial charge in [-0.2, -0.15) is 10.2 Å². The van der Waals surface area contributed by atoms with Crippen molar-refractivity contribution in [3.63, 3.8) is 0 Å². The maximum atomic E-state index is 12.0. The van der Waals surface area contributed by atoms with Gasteiger partial charge in [-0.1, -0.05) is 24.3 Å². The number of anilines is 1. The zero-order chi connectivity index (χ0) is 18.1. The molecule has 1 atom stereocenters. The fraction of sp³-hybridized carbons (Fsp3) is 0.222. The largest absolute Gasteiger partial charge is 0.464 e. The minimum Gasteiger partial charge on any atom is -0.464 e. The van der Waals surface area contributed by atoms with Gasteiger partial charge in [-0.05, 0) is 17.2 Å². The number of nitrogens with one attached hydrogen (secondary N) is 2. The number of benzene rings is 1. The van der Waals surface area contributed by atoms with Gasteiger partial charge in [-0.3, -0.25) is 14.6 Å². The zero-order valence-corrected chi connectivity index (χ0v) is 14.1. The lowest BCUT2D eigenvalue weighted by Gasteiger charge is -2.23. The molecule has 8 nitrogen and oxygen atoms in total. The van der Waals surface area contributed by atoms with Crippen LogP contribution in [0.15, 0.2) is 42.7 Å². The van der Waals surface area contributed by atoms with Crippen LogP contribution in [0.5, 0.6) is 0 Å². The average molecular weight is 351 g/mol. The van der Waals surface area contributed by atoms with E-state index in [2.05, 4.69) is 20.6 Å². The number of fused-ring (bicyclic) bond motifs is 1. The summed E-state index contributed by atoms with van der Waals surface area (Å²) in [6, 6.07) is 9.83. The molecule has 0 radical (unpaired) electrons. The maximum Gasteiger partial charge on any atom is 0.356 e. The molecule has 1 aromatic carbocycles. The number of nitrogens with zero attached hydrogens (tertiary/aromatic N) is 3. The minimum atomic E-state index is -0.504. The molecule has 2 N–H and O–H groups in total. The second kappa shape index (κ2) is 6.47. The van der Waals surface area contributed by atoms with Gasteiger partial charge in [-0.25, -0.2) is 4.79 Å². The first-order valence-corrected chi connectivity index (χ1v) is 8.18. The van der Waals surface area contributed by atoms with Gasteiger partial charge in [0.1, 0.15) is 5.69 Å². The van der Waals surface area contributed by atoms with Gasteiger partial charge in [0.25, 0.3) is 0 Å². The number of amides is 1. The monoisotopic (exact) mass is 351 g/mol. The molecule has 1 aliphatic heterocycles. The lowest BCUT2D eigenvalue weighted by atomic mass is 9.85. The summed E-state index contributed by atoms with van der Waals surface area (Å²) < 4.78 is 6.66. The Hall–Kier alpha value is -3.42. The Kier molecular flexibility index (Phi) is 4.00. The molecule has 1 unspecified atom stereocenters. The number of carbonyl (C=O) groups is 2. The minimum absolute atomic E-state index is 0.133. The predicted molar refractivity (Wildman–Crippen MR) is 92.8 cm³/mol. The number of aromatic nitrogens is 4. The van der Waals surface area contributed by atoms with Crippen LogP contribution in [-0.4, -0.2) is 39.0 Å². The van der Waals surface area contributed by atoms with E-state index in [0.717, 1.165) is 11.1 Å². The van der Waals surface area contributed by atoms with Crippen LogP contribution in [0.25, 0.3) is 0 Å². The Morgan fingerprint density at radius 2 is 2.15 bits per heavy atom. The smallest absolute Gasteiger partial charge is 0.356 e. The van der Waals surface area contributed by atoms with Crippen LogP contribution in [0.3, 0.4) is 0 Å². The van der Waals surface area contributed by atoms with Gasteiger partial charge < -0.3 is 10.1 Å². The highest BCUT2D eigenvalue weighted by molar-refractivity contribution is 5.98. The zero-order valence-electron chi connectivity index (χ0n) is 14.1. The molecule has 0 fully saturated rings. The first kappa shape index (κ1) is 16.1. The summed E-state index contributed by atoms with van der Waals surface area (Å²) in [7, 11) is 1.32. The maximum absolute atomic E-state index is 12.0. The number of methoxy groups -OCH3 is 1. The van der Waals surface area contributed by atoms with Crippen LogP contribution in [0.4, 0.5) is 5.82 Å². The summed E-state index contributed by atoms with van der Waals surface area (Å²) in [5, 5.41) is 13.6. The van der Waals surface area contributed by atoms with E-state index in [0.29, 0.717) is 17.9 Å². The lowest BCUT2D eigenvalue weighted by molar-refractivity contribution is -0.116. The molecule has 3 aromatic rings. The third-order valence-corrected chi connectivity index (χ3v) is 4.48. The molecule has 0 spiro atoms. The fourth-order valence-corrected chi connectivity index (χ4v) is 3.23. The van der Waals surface area contributed by atoms with Crippen molar-refractivity contribution in [2.45, 2.75) is 18.9 Å². The number of H-pyrrole nitrogens is 1. The SMILES string of the molecule is COC(=O)c1[nH]nc2c1C(c1ccc(Cn3cccn3)cc1)CC(=O)N2. The Balaban J connectivity index is 1.66. The highest BCUT2D eigenvalue weighted by Gasteiger charge is 2.34. The van der Waals surface area contributed by atoms with E-state index in [9.17, 15) is 9.59 Å². The molecular formula is C18H17N5O3. The topological polar surface area (TPSA) is 102 Å². The molecule has 26 heavy (non-hydrogen) atoms. The van der Waals surface area contributed by atoms with E-state index in [-0.39, 0.29) is 23.9 Å². The summed E-state index contributed by atoms with van der Waals surface area (Å²) >= 11 is 0. The van der Waals surface area contributed by atoms with E-state index >= 15 is 0 Å². The normalized spacial score (nSPS) is 16.0. The Bertz CT molecular complexity index is 944. The first-order chi connectivity index (χ1) is 12.7. The van der Waals surface area contributed by atoms with Crippen LogP contribution in [0.2, 0.25) is 0 Å². The molecule has 0 aliphatic carbocycles. The van der Waals surface area contributed by atoms with E-state index in [1.165, 1.54) is 7.11 Å². The standard InChI is InChI=1S/C18H17N5O3/c1-26-18(25)16-15-13(9-14(24)20-17(15)22-21-16)12-5-3-11(4-6-12)10-23-8-2-7-19-23/h2-8,13H,9-10H2,1H3,(H2,20,21,22,24). The van der Waals surface area contributed by atoms with Crippen LogP contribution in [0, 0.1) is 0 Å². The van der Waals surface area contributed by atoms with Crippen molar-refractivity contribution in [1.29, 1.82) is 0 Å². The quantitative estimate of drug-likeness (QED) is 0.699. The van der Waals surface area contributed by atoms with Crippen molar-refractivity contribution in [3.05, 3.63) is 65.1 Å². The summed E-state index contributed by atoms with van der Waals surface area (Å²) in [5.41, 5.74) is 2.97. The highest BCUT2D eigenvalue weighted by atomic mass is 16.5. The van der Waals surface area contributed by atoms with Gasteiger partial charge in [-0.15, -0.1) is 0 Å². The van der Waals surface area contributed by atoms with Gasteiger partial charge >= 0.3 is 5.97 Å². The summed E-state index contributed by atoms with van der Waals surface area (Å²) in [6.07, 6.45) is 3.89. The summed E-state index contributed by atoms with van der Waals surface area (Å²) in [5.74, 6) is -0.515. The van der Waals surface area contributed by atoms with Crippen molar-refractivity contribution >= 4 is 17.7 Å². The second-order valence-corrected chi connectivity index (χ2v) is 6.10. The van der Waals surface area contributed by atoms with Crippen LogP contribution in [0.1, 0.15) is 39.5 Å². The Labute approximate surface area is 149 Å². The molecule has 1 amide bonds.